The lowest BCUT2D eigenvalue weighted by atomic mass is 9.84. The number of ketones is 2. The smallest absolute Gasteiger partial charge is 0.194 e. The van der Waals surface area contributed by atoms with Gasteiger partial charge in [-0.05, 0) is 30.3 Å². The molecule has 0 saturated carbocycles. The van der Waals surface area contributed by atoms with E-state index in [0.29, 0.717) is 27.1 Å². The van der Waals surface area contributed by atoms with E-state index in [1.165, 1.54) is 11.8 Å². The van der Waals surface area contributed by atoms with Gasteiger partial charge in [-0.2, -0.15) is 0 Å². The van der Waals surface area contributed by atoms with Crippen molar-refractivity contribution >= 4 is 23.3 Å². The summed E-state index contributed by atoms with van der Waals surface area (Å²) in [6.07, 6.45) is 0. The largest absolute Gasteiger partial charge is 0.507 e. The SMILES string of the molecule is O=C1c2ccccc2C(=O)c2cc(Sc3ccccc3O)ccc21. The number of phenolic OH excluding ortho intramolecular Hbond substituents is 1. The third-order valence-corrected chi connectivity index (χ3v) is 5.04. The number of aromatic hydroxyl groups is 1. The molecular formula is C20H12O3S. The van der Waals surface area contributed by atoms with Crippen molar-refractivity contribution in [2.45, 2.75) is 9.79 Å². The molecule has 0 radical (unpaired) electrons. The number of benzene rings is 3. The molecular weight excluding hydrogens is 320 g/mol. The standard InChI is InChI=1S/C20H12O3S/c21-17-7-3-4-8-18(17)24-12-9-10-15-16(11-12)20(23)14-6-2-1-5-13(14)19(15)22/h1-11,21H. The molecule has 24 heavy (non-hydrogen) atoms. The zero-order chi connectivity index (χ0) is 16.7. The summed E-state index contributed by atoms with van der Waals surface area (Å²) < 4.78 is 0. The fourth-order valence-electron chi connectivity index (χ4n) is 2.81. The molecule has 0 heterocycles. The van der Waals surface area contributed by atoms with Crippen molar-refractivity contribution in [1.29, 1.82) is 0 Å². The minimum absolute atomic E-state index is 0.126. The number of para-hydroxylation sites is 1. The summed E-state index contributed by atoms with van der Waals surface area (Å²) in [5.41, 5.74) is 1.75. The fourth-order valence-corrected chi connectivity index (χ4v) is 3.70. The second kappa shape index (κ2) is 5.65. The summed E-state index contributed by atoms with van der Waals surface area (Å²) in [7, 11) is 0. The van der Waals surface area contributed by atoms with E-state index in [1.54, 1.807) is 54.6 Å². The maximum absolute atomic E-state index is 12.7. The summed E-state index contributed by atoms with van der Waals surface area (Å²) >= 11 is 1.36. The highest BCUT2D eigenvalue weighted by Crippen LogP contribution is 2.36. The molecule has 0 bridgehead atoms. The lowest BCUT2D eigenvalue weighted by molar-refractivity contribution is 0.0979. The molecule has 0 aromatic heterocycles. The Morgan fingerprint density at radius 3 is 1.96 bits per heavy atom. The van der Waals surface area contributed by atoms with Gasteiger partial charge in [0.1, 0.15) is 5.75 Å². The molecule has 0 aliphatic heterocycles. The van der Waals surface area contributed by atoms with Gasteiger partial charge in [0.25, 0.3) is 0 Å². The molecule has 0 spiro atoms. The highest BCUT2D eigenvalue weighted by atomic mass is 32.2. The van der Waals surface area contributed by atoms with E-state index in [4.69, 9.17) is 0 Å². The quantitative estimate of drug-likeness (QED) is 0.594. The van der Waals surface area contributed by atoms with Crippen molar-refractivity contribution in [3.63, 3.8) is 0 Å². The number of hydrogen-bond acceptors (Lipinski definition) is 4. The summed E-state index contributed by atoms with van der Waals surface area (Å²) in [6, 6.07) is 19.1. The van der Waals surface area contributed by atoms with Gasteiger partial charge < -0.3 is 5.11 Å². The van der Waals surface area contributed by atoms with E-state index < -0.39 is 0 Å². The average molecular weight is 332 g/mol. The molecule has 1 aliphatic carbocycles. The maximum atomic E-state index is 12.7. The van der Waals surface area contributed by atoms with Crippen LogP contribution in [-0.4, -0.2) is 16.7 Å². The van der Waals surface area contributed by atoms with Crippen LogP contribution in [0.25, 0.3) is 0 Å². The number of phenols is 1. The van der Waals surface area contributed by atoms with Crippen molar-refractivity contribution in [3.05, 3.63) is 89.0 Å². The van der Waals surface area contributed by atoms with Crippen LogP contribution in [0.2, 0.25) is 0 Å². The van der Waals surface area contributed by atoms with Gasteiger partial charge in [0.05, 0.1) is 4.90 Å². The van der Waals surface area contributed by atoms with Gasteiger partial charge in [0, 0.05) is 27.1 Å². The Balaban J connectivity index is 1.77. The van der Waals surface area contributed by atoms with E-state index >= 15 is 0 Å². The Morgan fingerprint density at radius 1 is 0.667 bits per heavy atom. The first-order chi connectivity index (χ1) is 11.6. The summed E-state index contributed by atoms with van der Waals surface area (Å²) in [6.45, 7) is 0. The third-order valence-electron chi connectivity index (χ3n) is 3.99. The Morgan fingerprint density at radius 2 is 1.25 bits per heavy atom. The first-order valence-corrected chi connectivity index (χ1v) is 8.25. The normalized spacial score (nSPS) is 12.7. The van der Waals surface area contributed by atoms with Gasteiger partial charge in [-0.25, -0.2) is 0 Å². The Hall–Kier alpha value is -2.85. The van der Waals surface area contributed by atoms with E-state index in [0.717, 1.165) is 4.90 Å². The van der Waals surface area contributed by atoms with Crippen molar-refractivity contribution < 1.29 is 14.7 Å². The van der Waals surface area contributed by atoms with Gasteiger partial charge in [-0.3, -0.25) is 9.59 Å². The molecule has 3 aromatic carbocycles. The summed E-state index contributed by atoms with van der Waals surface area (Å²) in [5, 5.41) is 9.89. The third kappa shape index (κ3) is 2.32. The van der Waals surface area contributed by atoms with E-state index in [1.807, 2.05) is 12.1 Å². The average Bonchev–Trinajstić information content (AvgIpc) is 2.62. The van der Waals surface area contributed by atoms with E-state index in [9.17, 15) is 14.7 Å². The minimum atomic E-state index is -0.139. The second-order valence-corrected chi connectivity index (χ2v) is 6.60. The topological polar surface area (TPSA) is 54.4 Å². The van der Waals surface area contributed by atoms with Crippen LogP contribution in [-0.2, 0) is 0 Å². The number of rotatable bonds is 2. The van der Waals surface area contributed by atoms with E-state index in [2.05, 4.69) is 0 Å². The lowest BCUT2D eigenvalue weighted by Crippen LogP contribution is -2.20. The lowest BCUT2D eigenvalue weighted by Gasteiger charge is -2.18. The van der Waals surface area contributed by atoms with Gasteiger partial charge in [0.15, 0.2) is 11.6 Å². The molecule has 1 N–H and O–H groups in total. The van der Waals surface area contributed by atoms with Crippen LogP contribution >= 0.6 is 11.8 Å². The number of fused-ring (bicyclic) bond motifs is 2. The van der Waals surface area contributed by atoms with Crippen LogP contribution in [0.15, 0.2) is 76.5 Å². The molecule has 0 fully saturated rings. The van der Waals surface area contributed by atoms with Crippen LogP contribution in [0.3, 0.4) is 0 Å². The molecule has 3 aromatic rings. The van der Waals surface area contributed by atoms with Crippen LogP contribution in [0.5, 0.6) is 5.75 Å². The van der Waals surface area contributed by atoms with Crippen LogP contribution in [0.4, 0.5) is 0 Å². The molecule has 4 rings (SSSR count). The second-order valence-electron chi connectivity index (χ2n) is 5.48. The Bertz CT molecular complexity index is 992. The first kappa shape index (κ1) is 14.7. The van der Waals surface area contributed by atoms with Crippen molar-refractivity contribution in [3.8, 4) is 5.75 Å². The minimum Gasteiger partial charge on any atom is -0.507 e. The molecule has 4 heteroatoms. The van der Waals surface area contributed by atoms with Crippen molar-refractivity contribution in [2.75, 3.05) is 0 Å². The monoisotopic (exact) mass is 332 g/mol. The first-order valence-electron chi connectivity index (χ1n) is 7.43. The van der Waals surface area contributed by atoms with Crippen LogP contribution in [0, 0.1) is 0 Å². The molecule has 1 aliphatic rings. The zero-order valence-corrected chi connectivity index (χ0v) is 13.3. The molecule has 116 valence electrons. The van der Waals surface area contributed by atoms with Crippen LogP contribution < -0.4 is 0 Å². The van der Waals surface area contributed by atoms with Gasteiger partial charge in [-0.1, -0.05) is 48.2 Å². The number of carbonyl (C=O) groups excluding carboxylic acids is 2. The molecule has 0 saturated heterocycles. The fraction of sp³-hybridized carbons (Fsp3) is 0. The molecule has 0 amide bonds. The van der Waals surface area contributed by atoms with Gasteiger partial charge in [0.2, 0.25) is 0 Å². The van der Waals surface area contributed by atoms with Crippen LogP contribution in [0.1, 0.15) is 31.8 Å². The number of carbonyl (C=O) groups is 2. The highest BCUT2D eigenvalue weighted by molar-refractivity contribution is 7.99. The Labute approximate surface area is 143 Å². The molecule has 0 unspecified atom stereocenters. The molecule has 3 nitrogen and oxygen atoms in total. The van der Waals surface area contributed by atoms with Gasteiger partial charge >= 0.3 is 0 Å². The molecule has 0 atom stereocenters. The predicted octanol–water partition coefficient (Wildman–Crippen LogP) is 4.32. The van der Waals surface area contributed by atoms with E-state index in [-0.39, 0.29) is 17.3 Å². The summed E-state index contributed by atoms with van der Waals surface area (Å²) in [5.74, 6) is -0.0767. The highest BCUT2D eigenvalue weighted by Gasteiger charge is 2.29. The Kier molecular flexibility index (Phi) is 3.47. The number of hydrogen-bond donors (Lipinski definition) is 1. The maximum Gasteiger partial charge on any atom is 0.194 e. The van der Waals surface area contributed by atoms with Crippen molar-refractivity contribution in [1.82, 2.24) is 0 Å². The van der Waals surface area contributed by atoms with Crippen molar-refractivity contribution in [2.24, 2.45) is 0 Å². The van der Waals surface area contributed by atoms with Gasteiger partial charge in [-0.15, -0.1) is 0 Å². The predicted molar refractivity (Wildman–Crippen MR) is 92.0 cm³/mol. The zero-order valence-electron chi connectivity index (χ0n) is 12.5. The summed E-state index contributed by atoms with van der Waals surface area (Å²) in [4.78, 5) is 26.8.